The second kappa shape index (κ2) is 8.42. The first kappa shape index (κ1) is 19.2. The number of morpholine rings is 1. The van der Waals surface area contributed by atoms with Crippen molar-refractivity contribution < 1.29 is 9.47 Å². The highest BCUT2D eigenvalue weighted by atomic mass is 35.5. The molecule has 0 spiro atoms. The smallest absolute Gasteiger partial charge is 0.137 e. The Morgan fingerprint density at radius 2 is 2.15 bits per heavy atom. The predicted molar refractivity (Wildman–Crippen MR) is 104 cm³/mol. The third kappa shape index (κ3) is 5.47. The number of ether oxygens (including phenoxy) is 2. The zero-order valence-electron chi connectivity index (χ0n) is 15.8. The Balaban J connectivity index is 1.52. The van der Waals surface area contributed by atoms with Crippen molar-refractivity contribution in [2.24, 2.45) is 5.41 Å². The van der Waals surface area contributed by atoms with Crippen LogP contribution in [-0.4, -0.2) is 47.9 Å². The van der Waals surface area contributed by atoms with E-state index in [4.69, 9.17) is 21.1 Å². The molecule has 1 aliphatic rings. The summed E-state index contributed by atoms with van der Waals surface area (Å²) in [6.45, 7) is 11.0. The molecule has 0 saturated carbocycles. The molecular formula is C20H28ClN3O2. The lowest BCUT2D eigenvalue weighted by atomic mass is 9.95. The zero-order valence-corrected chi connectivity index (χ0v) is 16.6. The highest BCUT2D eigenvalue weighted by Gasteiger charge is 2.26. The van der Waals surface area contributed by atoms with Crippen LogP contribution in [0.3, 0.4) is 0 Å². The van der Waals surface area contributed by atoms with Crippen LogP contribution in [0.25, 0.3) is 0 Å². The quantitative estimate of drug-likeness (QED) is 0.823. The Kier molecular flexibility index (Phi) is 6.22. The Bertz CT molecular complexity index is 711. The molecule has 5 nitrogen and oxygen atoms in total. The first-order valence-electron chi connectivity index (χ1n) is 9.16. The van der Waals surface area contributed by atoms with E-state index in [9.17, 15) is 0 Å². The predicted octanol–water partition coefficient (Wildman–Crippen LogP) is 4.10. The summed E-state index contributed by atoms with van der Waals surface area (Å²) in [5.74, 6) is 0.711. The molecule has 1 saturated heterocycles. The summed E-state index contributed by atoms with van der Waals surface area (Å²) in [4.78, 5) is 2.46. The second-order valence-electron chi connectivity index (χ2n) is 8.00. The summed E-state index contributed by atoms with van der Waals surface area (Å²) in [6.07, 6.45) is 0.775. The molecule has 1 unspecified atom stereocenters. The van der Waals surface area contributed by atoms with Crippen molar-refractivity contribution in [2.75, 3.05) is 32.8 Å². The summed E-state index contributed by atoms with van der Waals surface area (Å²) >= 11 is 6.10. The van der Waals surface area contributed by atoms with E-state index in [-0.39, 0.29) is 11.5 Å². The largest absolute Gasteiger partial charge is 0.492 e. The minimum Gasteiger partial charge on any atom is -0.492 e. The van der Waals surface area contributed by atoms with Gasteiger partial charge in [-0.05, 0) is 23.6 Å². The minimum atomic E-state index is 0.0283. The van der Waals surface area contributed by atoms with Gasteiger partial charge in [0.25, 0.3) is 0 Å². The molecule has 1 atom stereocenters. The van der Waals surface area contributed by atoms with E-state index in [2.05, 4.69) is 41.9 Å². The maximum absolute atomic E-state index is 6.10. The Morgan fingerprint density at radius 1 is 1.35 bits per heavy atom. The van der Waals surface area contributed by atoms with Gasteiger partial charge in [-0.25, -0.2) is 0 Å². The van der Waals surface area contributed by atoms with Gasteiger partial charge in [0.15, 0.2) is 0 Å². The molecular weight excluding hydrogens is 350 g/mol. The first-order valence-corrected chi connectivity index (χ1v) is 9.54. The number of para-hydroxylation sites is 1. The molecule has 1 fully saturated rings. The molecule has 26 heavy (non-hydrogen) atoms. The lowest BCUT2D eigenvalue weighted by molar-refractivity contribution is -0.0407. The molecule has 1 aromatic heterocycles. The number of benzene rings is 1. The fraction of sp³-hybridized carbons (Fsp3) is 0.550. The number of hydrogen-bond donors (Lipinski definition) is 1. The van der Waals surface area contributed by atoms with Crippen molar-refractivity contribution in [1.29, 1.82) is 0 Å². The van der Waals surface area contributed by atoms with E-state index >= 15 is 0 Å². The molecule has 0 amide bonds. The third-order valence-corrected chi connectivity index (χ3v) is 4.61. The van der Waals surface area contributed by atoms with Crippen LogP contribution in [0.4, 0.5) is 0 Å². The van der Waals surface area contributed by atoms with Crippen molar-refractivity contribution in [3.63, 3.8) is 0 Å². The van der Waals surface area contributed by atoms with Gasteiger partial charge in [0.1, 0.15) is 11.9 Å². The van der Waals surface area contributed by atoms with E-state index in [1.54, 1.807) is 0 Å². The number of aromatic nitrogens is 2. The summed E-state index contributed by atoms with van der Waals surface area (Å²) < 4.78 is 11.7. The lowest BCUT2D eigenvalue weighted by Crippen LogP contribution is -2.42. The van der Waals surface area contributed by atoms with Crippen molar-refractivity contribution in [2.45, 2.75) is 33.3 Å². The minimum absolute atomic E-state index is 0.0283. The molecule has 6 heteroatoms. The van der Waals surface area contributed by atoms with Crippen molar-refractivity contribution >= 4 is 11.6 Å². The van der Waals surface area contributed by atoms with Gasteiger partial charge in [0.05, 0.1) is 23.9 Å². The molecule has 0 aliphatic carbocycles. The molecule has 142 valence electrons. The van der Waals surface area contributed by atoms with Gasteiger partial charge in [-0.3, -0.25) is 10.00 Å². The van der Waals surface area contributed by atoms with Gasteiger partial charge < -0.3 is 9.47 Å². The van der Waals surface area contributed by atoms with Crippen LogP contribution in [0, 0.1) is 5.41 Å². The number of nitrogens with one attached hydrogen (secondary N) is 1. The van der Waals surface area contributed by atoms with Crippen LogP contribution in [0.1, 0.15) is 38.3 Å². The van der Waals surface area contributed by atoms with Crippen LogP contribution in [-0.2, 0) is 11.2 Å². The van der Waals surface area contributed by atoms with E-state index < -0.39 is 0 Å². The maximum Gasteiger partial charge on any atom is 0.137 e. The average Bonchev–Trinajstić information content (AvgIpc) is 3.04. The number of halogens is 1. The van der Waals surface area contributed by atoms with Gasteiger partial charge in [-0.15, -0.1) is 0 Å². The van der Waals surface area contributed by atoms with Gasteiger partial charge in [0.2, 0.25) is 0 Å². The topological polar surface area (TPSA) is 50.4 Å². The van der Waals surface area contributed by atoms with Crippen LogP contribution in [0.5, 0.6) is 5.75 Å². The molecule has 1 N–H and O–H groups in total. The van der Waals surface area contributed by atoms with E-state index in [0.29, 0.717) is 17.4 Å². The van der Waals surface area contributed by atoms with Crippen LogP contribution in [0.15, 0.2) is 30.3 Å². The van der Waals surface area contributed by atoms with E-state index in [1.807, 2.05) is 24.3 Å². The summed E-state index contributed by atoms with van der Waals surface area (Å²) in [5, 5.41) is 8.19. The van der Waals surface area contributed by atoms with Crippen LogP contribution >= 0.6 is 11.6 Å². The average molecular weight is 378 g/mol. The van der Waals surface area contributed by atoms with Crippen molar-refractivity contribution in [3.8, 4) is 5.75 Å². The number of hydrogen-bond acceptors (Lipinski definition) is 4. The summed E-state index contributed by atoms with van der Waals surface area (Å²) in [7, 11) is 0. The highest BCUT2D eigenvalue weighted by Crippen LogP contribution is 2.25. The van der Waals surface area contributed by atoms with Gasteiger partial charge >= 0.3 is 0 Å². The monoisotopic (exact) mass is 377 g/mol. The fourth-order valence-corrected chi connectivity index (χ4v) is 3.39. The normalized spacial score (nSPS) is 18.8. The Labute approximate surface area is 160 Å². The fourth-order valence-electron chi connectivity index (χ4n) is 3.20. The Hall–Kier alpha value is -1.56. The van der Waals surface area contributed by atoms with Crippen LogP contribution in [0.2, 0.25) is 5.02 Å². The third-order valence-electron chi connectivity index (χ3n) is 4.29. The molecule has 0 bridgehead atoms. The standard InChI is InChI=1S/C20H28ClN3O2/c1-20(2,3)14-24-9-11-26-19(13-24)17-12-15(22-23-17)8-10-25-18-7-5-4-6-16(18)21/h4-7,12,19H,8-11,13-14H2,1-3H3,(H,22,23). The Morgan fingerprint density at radius 3 is 2.92 bits per heavy atom. The van der Waals surface area contributed by atoms with E-state index in [0.717, 1.165) is 44.0 Å². The first-order chi connectivity index (χ1) is 12.4. The number of rotatable bonds is 6. The maximum atomic E-state index is 6.10. The van der Waals surface area contributed by atoms with Crippen molar-refractivity contribution in [1.82, 2.24) is 15.1 Å². The van der Waals surface area contributed by atoms with Crippen LogP contribution < -0.4 is 4.74 Å². The zero-order chi connectivity index (χ0) is 18.6. The molecule has 1 aromatic carbocycles. The number of aromatic amines is 1. The summed E-state index contributed by atoms with van der Waals surface area (Å²) in [6, 6.07) is 9.60. The number of H-pyrrole nitrogens is 1. The van der Waals surface area contributed by atoms with Gasteiger partial charge in [-0.2, -0.15) is 5.10 Å². The number of nitrogens with zero attached hydrogens (tertiary/aromatic N) is 2. The van der Waals surface area contributed by atoms with Crippen molar-refractivity contribution in [3.05, 3.63) is 46.7 Å². The highest BCUT2D eigenvalue weighted by molar-refractivity contribution is 6.32. The summed E-state index contributed by atoms with van der Waals surface area (Å²) in [5.41, 5.74) is 2.30. The van der Waals surface area contributed by atoms with E-state index in [1.165, 1.54) is 0 Å². The molecule has 1 aliphatic heterocycles. The van der Waals surface area contributed by atoms with Gasteiger partial charge in [-0.1, -0.05) is 44.5 Å². The SMILES string of the molecule is CC(C)(C)CN1CCOC(c2cc(CCOc3ccccc3Cl)[nH]n2)C1. The molecule has 3 rings (SSSR count). The molecule has 0 radical (unpaired) electrons. The second-order valence-corrected chi connectivity index (χ2v) is 8.41. The van der Waals surface area contributed by atoms with Gasteiger partial charge in [0, 0.05) is 31.7 Å². The lowest BCUT2D eigenvalue weighted by Gasteiger charge is -2.36. The molecule has 2 aromatic rings. The molecule has 2 heterocycles.